The predicted octanol–water partition coefficient (Wildman–Crippen LogP) is -3.86. The predicted molar refractivity (Wildman–Crippen MR) is 235 cm³/mol. The van der Waals surface area contributed by atoms with Gasteiger partial charge in [-0.05, 0) is 37.3 Å². The molecule has 1 saturated heterocycles. The summed E-state index contributed by atoms with van der Waals surface area (Å²) in [4.78, 5) is 129. The van der Waals surface area contributed by atoms with Crippen molar-refractivity contribution in [3.8, 4) is 5.75 Å². The molecule has 9 amide bonds. The zero-order valence-electron chi connectivity index (χ0n) is 37.1. The monoisotopic (exact) mass is 944 g/mol. The quantitative estimate of drug-likeness (QED) is 0.113. The molecule has 1 fully saturated rings. The number of nitrogens with zero attached hydrogens (tertiary/aromatic N) is 1. The summed E-state index contributed by atoms with van der Waals surface area (Å²) in [5.74, 6) is -11.8. The van der Waals surface area contributed by atoms with Crippen LogP contribution in [0.15, 0.2) is 23.2 Å². The highest BCUT2D eigenvalue weighted by Gasteiger charge is 2.44. The van der Waals surface area contributed by atoms with Crippen LogP contribution in [-0.2, 0) is 60.7 Å². The zero-order valence-corrected chi connectivity index (χ0v) is 38.0. The van der Waals surface area contributed by atoms with Crippen molar-refractivity contribution in [2.45, 2.75) is 114 Å². The molecule has 0 spiro atoms. The molecular formula is C42H60N10O13S. The summed E-state index contributed by atoms with van der Waals surface area (Å²) in [5, 5.41) is 49.0. The van der Waals surface area contributed by atoms with E-state index < -0.39 is 163 Å². The SMILES string of the molecule is CCC1C(=O)N[C@@H]([C@@H](C)[C@@H](O)CO)C(=O)N[C@@H]2Cc3c([nH]c4cc(O)ccc34)[S+]([O-])C[C@H](NC(=O)CNC(=O)[C@H]([C@@H](C)CC)NC(=O)CNC2=O)C(=O)N[C@@H](CC(N)=O)C(=O)N2CCC[C@@H]12. The summed E-state index contributed by atoms with van der Waals surface area (Å²) in [7, 11) is 0. The fourth-order valence-corrected chi connectivity index (χ4v) is 9.92. The molecule has 362 valence electrons. The van der Waals surface area contributed by atoms with Gasteiger partial charge in [0.25, 0.3) is 0 Å². The third-order valence-corrected chi connectivity index (χ3v) is 13.9. The number of hydrogen-bond acceptors (Lipinski definition) is 13. The van der Waals surface area contributed by atoms with Gasteiger partial charge in [-0.1, -0.05) is 34.1 Å². The zero-order chi connectivity index (χ0) is 48.6. The number of aromatic hydroxyl groups is 1. The molecule has 5 rings (SSSR count). The summed E-state index contributed by atoms with van der Waals surface area (Å²) in [5.41, 5.74) is 5.88. The van der Waals surface area contributed by atoms with Crippen molar-refractivity contribution in [1.29, 1.82) is 0 Å². The minimum atomic E-state index is -2.35. The Morgan fingerprint density at radius 1 is 0.879 bits per heavy atom. The highest BCUT2D eigenvalue weighted by atomic mass is 32.2. The van der Waals surface area contributed by atoms with Gasteiger partial charge in [-0.3, -0.25) is 43.2 Å². The Morgan fingerprint density at radius 3 is 2.21 bits per heavy atom. The van der Waals surface area contributed by atoms with Crippen LogP contribution in [0.25, 0.3) is 10.9 Å². The number of aliphatic hydroxyl groups excluding tert-OH is 2. The molecule has 11 atom stereocenters. The van der Waals surface area contributed by atoms with E-state index in [1.807, 2.05) is 0 Å². The highest BCUT2D eigenvalue weighted by Crippen LogP contribution is 2.32. The van der Waals surface area contributed by atoms with Crippen LogP contribution in [0.2, 0.25) is 0 Å². The van der Waals surface area contributed by atoms with Crippen LogP contribution in [0.5, 0.6) is 5.75 Å². The third-order valence-electron chi connectivity index (χ3n) is 12.5. The van der Waals surface area contributed by atoms with Gasteiger partial charge in [0.2, 0.25) is 58.2 Å². The lowest BCUT2D eigenvalue weighted by molar-refractivity contribution is -0.142. The van der Waals surface area contributed by atoms with E-state index in [0.29, 0.717) is 12.8 Å². The Hall–Kier alpha value is -5.98. The van der Waals surface area contributed by atoms with E-state index in [2.05, 4.69) is 42.2 Å². The number of phenols is 1. The standard InChI is InChI=1S/C42H60N10O13S/c1-5-19(3)34-39(62)45-15-32(57)46-28-18-66(65)41-24(23-10-9-21(54)12-25(23)49-41)13-26(37(60)44-16-33(58)50-34)47-40(63)35(20(4)30(55)17-53)51-36(59)22(6-2)29-8-7-11-52(29)42(64)27(14-31(43)56)48-38(28)61/h9-10,12,19-20,22,26-30,34-35,49,53-55H,5-8,11,13-18H2,1-4H3,(H2,43,56)(H,44,60)(H,45,62)(H,46,57)(H,47,63)(H,48,61)(H,50,58)(H,51,59)/t19-,20-,22?,26+,27-,28-,29-,30-,34-,35-,66?/m0/s1. The fraction of sp³-hybridized carbons (Fsp3) is 0.595. The first-order valence-electron chi connectivity index (χ1n) is 21.9. The molecule has 2 bridgehead atoms. The van der Waals surface area contributed by atoms with Crippen molar-refractivity contribution in [2.24, 2.45) is 23.5 Å². The van der Waals surface area contributed by atoms with Crippen LogP contribution in [0, 0.1) is 17.8 Å². The molecular weight excluding hydrogens is 885 g/mol. The maximum absolute atomic E-state index is 14.7. The summed E-state index contributed by atoms with van der Waals surface area (Å²) >= 11 is -2.35. The van der Waals surface area contributed by atoms with Gasteiger partial charge in [-0.2, -0.15) is 0 Å². The summed E-state index contributed by atoms with van der Waals surface area (Å²) in [6.45, 7) is 4.26. The largest absolute Gasteiger partial charge is 0.610 e. The number of aliphatic hydroxyl groups is 2. The number of nitrogens with two attached hydrogens (primary N) is 1. The number of fused-ring (bicyclic) bond motifs is 5. The van der Waals surface area contributed by atoms with E-state index in [9.17, 15) is 63.0 Å². The second kappa shape index (κ2) is 22.5. The molecule has 4 heterocycles. The Bertz CT molecular complexity index is 2190. The number of H-pyrrole nitrogens is 1. The van der Waals surface area contributed by atoms with Crippen molar-refractivity contribution in [3.63, 3.8) is 0 Å². The number of carbonyl (C=O) groups excluding carboxylic acids is 9. The van der Waals surface area contributed by atoms with E-state index in [4.69, 9.17) is 5.73 Å². The molecule has 24 heteroatoms. The normalized spacial score (nSPS) is 28.2. The molecule has 13 N–H and O–H groups in total. The first kappa shape index (κ1) is 51.0. The number of amides is 9. The average molecular weight is 945 g/mol. The van der Waals surface area contributed by atoms with Crippen LogP contribution in [0.1, 0.15) is 65.4 Å². The molecule has 23 nitrogen and oxygen atoms in total. The van der Waals surface area contributed by atoms with E-state index in [1.165, 1.54) is 30.0 Å². The Labute approximate surface area is 383 Å². The van der Waals surface area contributed by atoms with Crippen LogP contribution >= 0.6 is 0 Å². The summed E-state index contributed by atoms with van der Waals surface area (Å²) < 4.78 is 14.7. The second-order valence-corrected chi connectivity index (χ2v) is 18.4. The number of rotatable bonds is 8. The number of benzene rings is 1. The smallest absolute Gasteiger partial charge is 0.248 e. The van der Waals surface area contributed by atoms with E-state index in [0.717, 1.165) is 0 Å². The van der Waals surface area contributed by atoms with E-state index in [1.54, 1.807) is 20.8 Å². The van der Waals surface area contributed by atoms with Crippen LogP contribution < -0.4 is 43.0 Å². The van der Waals surface area contributed by atoms with Crippen molar-refractivity contribution in [3.05, 3.63) is 23.8 Å². The van der Waals surface area contributed by atoms with E-state index in [-0.39, 0.29) is 46.6 Å². The molecule has 1 aromatic carbocycles. The molecule has 3 aliphatic heterocycles. The number of nitrogens with one attached hydrogen (secondary N) is 8. The second-order valence-electron chi connectivity index (χ2n) is 17.0. The third kappa shape index (κ3) is 12.1. The Kier molecular flexibility index (Phi) is 17.4. The molecule has 1 aromatic heterocycles. The van der Waals surface area contributed by atoms with Gasteiger partial charge in [-0.15, -0.1) is 0 Å². The van der Waals surface area contributed by atoms with Crippen molar-refractivity contribution in [2.75, 3.05) is 32.0 Å². The lowest BCUT2D eigenvalue weighted by Crippen LogP contribution is -2.60. The number of primary amides is 1. The lowest BCUT2D eigenvalue weighted by atomic mass is 9.90. The maximum Gasteiger partial charge on any atom is 0.248 e. The van der Waals surface area contributed by atoms with Gasteiger partial charge in [-0.25, -0.2) is 0 Å². The number of carbonyl (C=O) groups is 9. The Morgan fingerprint density at radius 2 is 1.56 bits per heavy atom. The number of aromatic amines is 1. The first-order chi connectivity index (χ1) is 31.3. The topological polar surface area (TPSA) is 367 Å². The molecule has 66 heavy (non-hydrogen) atoms. The van der Waals surface area contributed by atoms with Crippen molar-refractivity contribution >= 4 is 75.2 Å². The Balaban J connectivity index is 1.74. The minimum Gasteiger partial charge on any atom is -0.610 e. The van der Waals surface area contributed by atoms with Gasteiger partial charge < -0.3 is 72.7 Å². The van der Waals surface area contributed by atoms with Gasteiger partial charge in [0.05, 0.1) is 43.7 Å². The molecule has 0 aliphatic carbocycles. The highest BCUT2D eigenvalue weighted by molar-refractivity contribution is 7.91. The average Bonchev–Trinajstić information content (AvgIpc) is 3.90. The molecule has 2 unspecified atom stereocenters. The van der Waals surface area contributed by atoms with Crippen molar-refractivity contribution < 1.29 is 63.0 Å². The van der Waals surface area contributed by atoms with Gasteiger partial charge in [0.15, 0.2) is 6.04 Å². The van der Waals surface area contributed by atoms with Crippen LogP contribution in [0.4, 0.5) is 0 Å². The summed E-state index contributed by atoms with van der Waals surface area (Å²) in [6, 6.07) is -4.74. The molecule has 3 aliphatic rings. The van der Waals surface area contributed by atoms with Crippen LogP contribution in [0.3, 0.4) is 0 Å². The van der Waals surface area contributed by atoms with Crippen LogP contribution in [-0.4, -0.2) is 157 Å². The summed E-state index contributed by atoms with van der Waals surface area (Å²) in [6.07, 6.45) is -1.63. The molecule has 0 saturated carbocycles. The maximum atomic E-state index is 14.7. The lowest BCUT2D eigenvalue weighted by Gasteiger charge is -2.35. The van der Waals surface area contributed by atoms with Crippen molar-refractivity contribution in [1.82, 2.24) is 47.1 Å². The molecule has 0 radical (unpaired) electrons. The van der Waals surface area contributed by atoms with E-state index >= 15 is 0 Å². The number of hydrogen-bond donors (Lipinski definition) is 12. The number of phenolic OH excluding ortho intramolecular Hbond substituents is 1. The first-order valence-corrected chi connectivity index (χ1v) is 23.2. The van der Waals surface area contributed by atoms with Gasteiger partial charge in [0, 0.05) is 53.1 Å². The van der Waals surface area contributed by atoms with Gasteiger partial charge in [0.1, 0.15) is 35.7 Å². The van der Waals surface area contributed by atoms with Gasteiger partial charge >= 0.3 is 0 Å². The number of aromatic nitrogens is 1. The minimum absolute atomic E-state index is 0.0797. The molecule has 2 aromatic rings. The fourth-order valence-electron chi connectivity index (χ4n) is 8.52.